The van der Waals surface area contributed by atoms with Crippen molar-refractivity contribution in [1.82, 2.24) is 5.32 Å². The van der Waals surface area contributed by atoms with Gasteiger partial charge < -0.3 is 10.1 Å². The molecule has 0 bridgehead atoms. The first-order valence-electron chi connectivity index (χ1n) is 7.48. The first-order valence-corrected chi connectivity index (χ1v) is 7.86. The van der Waals surface area contributed by atoms with Crippen LogP contribution in [0.2, 0.25) is 5.02 Å². The summed E-state index contributed by atoms with van der Waals surface area (Å²) >= 11 is 6.07. The van der Waals surface area contributed by atoms with E-state index in [4.69, 9.17) is 16.3 Å². The van der Waals surface area contributed by atoms with Gasteiger partial charge in [0.2, 0.25) is 0 Å². The maximum atomic E-state index is 13.6. The van der Waals surface area contributed by atoms with E-state index in [0.29, 0.717) is 23.2 Å². The summed E-state index contributed by atoms with van der Waals surface area (Å²) in [6.07, 6.45) is 1.05. The molecule has 0 fully saturated rings. The highest BCUT2D eigenvalue weighted by molar-refractivity contribution is 6.30. The number of benzene rings is 2. The van der Waals surface area contributed by atoms with Crippen molar-refractivity contribution in [3.05, 3.63) is 64.4 Å². The third-order valence-corrected chi connectivity index (χ3v) is 3.85. The highest BCUT2D eigenvalue weighted by atomic mass is 35.5. The minimum atomic E-state index is -0.254. The Morgan fingerprint density at radius 3 is 2.68 bits per heavy atom. The van der Waals surface area contributed by atoms with Crippen molar-refractivity contribution in [3.8, 4) is 5.75 Å². The van der Waals surface area contributed by atoms with Gasteiger partial charge >= 0.3 is 0 Å². The van der Waals surface area contributed by atoms with Crippen molar-refractivity contribution < 1.29 is 9.13 Å². The summed E-state index contributed by atoms with van der Waals surface area (Å²) < 4.78 is 19.4. The third-order valence-electron chi connectivity index (χ3n) is 3.62. The molecule has 1 atom stereocenters. The van der Waals surface area contributed by atoms with Gasteiger partial charge in [-0.25, -0.2) is 4.39 Å². The van der Waals surface area contributed by atoms with E-state index < -0.39 is 0 Å². The topological polar surface area (TPSA) is 21.3 Å². The molecule has 0 amide bonds. The summed E-state index contributed by atoms with van der Waals surface area (Å²) in [5, 5.41) is 4.08. The number of nitrogens with one attached hydrogen (secondary N) is 1. The third kappa shape index (κ3) is 4.72. The Morgan fingerprint density at radius 1 is 1.18 bits per heavy atom. The molecule has 0 unspecified atom stereocenters. The molecular formula is C18H21ClFNO. The van der Waals surface area contributed by atoms with Gasteiger partial charge in [-0.05, 0) is 37.6 Å². The first-order chi connectivity index (χ1) is 10.6. The van der Waals surface area contributed by atoms with Crippen molar-refractivity contribution >= 4 is 11.6 Å². The molecule has 4 heteroatoms. The van der Waals surface area contributed by atoms with Gasteiger partial charge in [0.05, 0.1) is 0 Å². The van der Waals surface area contributed by atoms with E-state index in [0.717, 1.165) is 17.7 Å². The van der Waals surface area contributed by atoms with Crippen LogP contribution in [-0.4, -0.2) is 6.04 Å². The van der Waals surface area contributed by atoms with Crippen molar-refractivity contribution in [1.29, 1.82) is 0 Å². The van der Waals surface area contributed by atoms with Crippen molar-refractivity contribution in [2.45, 2.75) is 39.5 Å². The largest absolute Gasteiger partial charge is 0.488 e. The van der Waals surface area contributed by atoms with Crippen LogP contribution in [0.4, 0.5) is 4.39 Å². The van der Waals surface area contributed by atoms with E-state index in [-0.39, 0.29) is 12.4 Å². The first kappa shape index (κ1) is 16.8. The summed E-state index contributed by atoms with van der Waals surface area (Å²) in [5.74, 6) is 0.471. The van der Waals surface area contributed by atoms with E-state index in [9.17, 15) is 4.39 Å². The molecule has 22 heavy (non-hydrogen) atoms. The fourth-order valence-electron chi connectivity index (χ4n) is 2.03. The summed E-state index contributed by atoms with van der Waals surface area (Å²) in [7, 11) is 0. The molecule has 2 aromatic rings. The maximum absolute atomic E-state index is 13.6. The highest BCUT2D eigenvalue weighted by Crippen LogP contribution is 2.24. The van der Waals surface area contributed by atoms with Crippen LogP contribution in [0.1, 0.15) is 31.4 Å². The Balaban J connectivity index is 2.08. The fourth-order valence-corrected chi connectivity index (χ4v) is 2.22. The van der Waals surface area contributed by atoms with E-state index in [1.54, 1.807) is 24.3 Å². The number of rotatable bonds is 7. The predicted molar refractivity (Wildman–Crippen MR) is 88.8 cm³/mol. The SMILES string of the molecule is CC[C@H](C)NCc1cc(Cl)ccc1OCc1ccccc1F. The lowest BCUT2D eigenvalue weighted by Gasteiger charge is -2.15. The second kappa shape index (κ2) is 8.16. The van der Waals surface area contributed by atoms with Gasteiger partial charge in [-0.3, -0.25) is 0 Å². The molecule has 0 heterocycles. The molecule has 0 aliphatic rings. The van der Waals surface area contributed by atoms with E-state index in [1.165, 1.54) is 6.07 Å². The molecule has 0 spiro atoms. The molecule has 0 aliphatic heterocycles. The van der Waals surface area contributed by atoms with Gasteiger partial charge in [-0.2, -0.15) is 0 Å². The zero-order valence-electron chi connectivity index (χ0n) is 12.9. The van der Waals surface area contributed by atoms with Crippen LogP contribution in [0.5, 0.6) is 5.75 Å². The maximum Gasteiger partial charge on any atom is 0.129 e. The molecule has 0 saturated carbocycles. The predicted octanol–water partition coefficient (Wildman–Crippen LogP) is 4.95. The van der Waals surface area contributed by atoms with Crippen LogP contribution >= 0.6 is 11.6 Å². The molecule has 2 nitrogen and oxygen atoms in total. The van der Waals surface area contributed by atoms with Crippen molar-refractivity contribution in [2.75, 3.05) is 0 Å². The Kier molecular flexibility index (Phi) is 6.22. The highest BCUT2D eigenvalue weighted by Gasteiger charge is 2.08. The van der Waals surface area contributed by atoms with Gasteiger partial charge in [-0.1, -0.05) is 36.7 Å². The smallest absolute Gasteiger partial charge is 0.129 e. The zero-order valence-corrected chi connectivity index (χ0v) is 13.7. The molecule has 0 aromatic heterocycles. The van der Waals surface area contributed by atoms with Crippen LogP contribution < -0.4 is 10.1 Å². The average molecular weight is 322 g/mol. The van der Waals surface area contributed by atoms with Crippen LogP contribution in [0.3, 0.4) is 0 Å². The summed E-state index contributed by atoms with van der Waals surface area (Å²) in [6, 6.07) is 12.5. The van der Waals surface area contributed by atoms with Crippen LogP contribution in [0.25, 0.3) is 0 Å². The van der Waals surface area contributed by atoms with Gasteiger partial charge in [-0.15, -0.1) is 0 Å². The quantitative estimate of drug-likeness (QED) is 0.779. The number of ether oxygens (including phenoxy) is 1. The second-order valence-electron chi connectivity index (χ2n) is 5.32. The molecule has 2 aromatic carbocycles. The van der Waals surface area contributed by atoms with Gasteiger partial charge in [0.1, 0.15) is 18.2 Å². The molecule has 0 aliphatic carbocycles. The average Bonchev–Trinajstić information content (AvgIpc) is 2.53. The standard InChI is InChI=1S/C18H21ClFNO/c1-3-13(2)21-11-15-10-16(19)8-9-18(15)22-12-14-6-4-5-7-17(14)20/h4-10,13,21H,3,11-12H2,1-2H3/t13-/m0/s1. The minimum absolute atomic E-state index is 0.199. The van der Waals surface area contributed by atoms with E-state index >= 15 is 0 Å². The molecular weight excluding hydrogens is 301 g/mol. The molecule has 0 radical (unpaired) electrons. The van der Waals surface area contributed by atoms with Crippen LogP contribution in [0.15, 0.2) is 42.5 Å². The number of hydrogen-bond acceptors (Lipinski definition) is 2. The lowest BCUT2D eigenvalue weighted by atomic mass is 10.1. The summed E-state index contributed by atoms with van der Waals surface area (Å²) in [5.41, 5.74) is 1.52. The number of halogens is 2. The van der Waals surface area contributed by atoms with Crippen molar-refractivity contribution in [3.63, 3.8) is 0 Å². The van der Waals surface area contributed by atoms with Crippen LogP contribution in [0, 0.1) is 5.82 Å². The summed E-state index contributed by atoms with van der Waals surface area (Å²) in [4.78, 5) is 0. The van der Waals surface area contributed by atoms with E-state index in [1.807, 2.05) is 12.1 Å². The molecule has 2 rings (SSSR count). The zero-order chi connectivity index (χ0) is 15.9. The summed E-state index contributed by atoms with van der Waals surface area (Å²) in [6.45, 7) is 5.13. The second-order valence-corrected chi connectivity index (χ2v) is 5.76. The molecule has 1 N–H and O–H groups in total. The van der Waals surface area contributed by atoms with E-state index in [2.05, 4.69) is 19.2 Å². The molecule has 118 valence electrons. The Labute approximate surface area is 136 Å². The molecule has 0 saturated heterocycles. The monoisotopic (exact) mass is 321 g/mol. The van der Waals surface area contributed by atoms with Gasteiger partial charge in [0.15, 0.2) is 0 Å². The lowest BCUT2D eigenvalue weighted by molar-refractivity contribution is 0.295. The Hall–Kier alpha value is -1.58. The lowest BCUT2D eigenvalue weighted by Crippen LogP contribution is -2.24. The number of hydrogen-bond donors (Lipinski definition) is 1. The normalized spacial score (nSPS) is 12.2. The van der Waals surface area contributed by atoms with Crippen molar-refractivity contribution in [2.24, 2.45) is 0 Å². The Morgan fingerprint density at radius 2 is 1.95 bits per heavy atom. The minimum Gasteiger partial charge on any atom is -0.488 e. The van der Waals surface area contributed by atoms with Crippen LogP contribution in [-0.2, 0) is 13.2 Å². The van der Waals surface area contributed by atoms with Gasteiger partial charge in [0, 0.05) is 28.7 Å². The Bertz CT molecular complexity index is 618. The fraction of sp³-hybridized carbons (Fsp3) is 0.333. The van der Waals surface area contributed by atoms with Gasteiger partial charge in [0.25, 0.3) is 0 Å².